The van der Waals surface area contributed by atoms with Gasteiger partial charge in [0.25, 0.3) is 0 Å². The molecule has 0 spiro atoms. The summed E-state index contributed by atoms with van der Waals surface area (Å²) >= 11 is 0. The zero-order chi connectivity index (χ0) is 12.1. The zero-order valence-corrected chi connectivity index (χ0v) is 9.61. The number of ether oxygens (including phenoxy) is 3. The Morgan fingerprint density at radius 3 is 1.94 bits per heavy atom. The van der Waals surface area contributed by atoms with Crippen LogP contribution in [0.1, 0.15) is 11.1 Å². The van der Waals surface area contributed by atoms with Gasteiger partial charge in [-0.25, -0.2) is 0 Å². The SMILES string of the molecule is COc1cc(CO)c(CO)c(OC)c1OC. The van der Waals surface area contributed by atoms with Crippen molar-refractivity contribution in [1.82, 2.24) is 0 Å². The van der Waals surface area contributed by atoms with Gasteiger partial charge in [0.15, 0.2) is 11.5 Å². The van der Waals surface area contributed by atoms with Crippen molar-refractivity contribution in [3.05, 3.63) is 17.2 Å². The summed E-state index contributed by atoms with van der Waals surface area (Å²) in [6.45, 7) is -0.438. The molecule has 0 unspecified atom stereocenters. The number of benzene rings is 1. The third-order valence-electron chi connectivity index (χ3n) is 2.35. The van der Waals surface area contributed by atoms with Gasteiger partial charge in [-0.15, -0.1) is 0 Å². The maximum atomic E-state index is 9.26. The minimum Gasteiger partial charge on any atom is -0.493 e. The van der Waals surface area contributed by atoms with Crippen molar-refractivity contribution in [2.75, 3.05) is 21.3 Å². The Bertz CT molecular complexity index is 332. The van der Waals surface area contributed by atoms with Crippen molar-refractivity contribution in [1.29, 1.82) is 0 Å². The highest BCUT2D eigenvalue weighted by atomic mass is 16.5. The normalized spacial score (nSPS) is 10.1. The van der Waals surface area contributed by atoms with Crippen LogP contribution in [0.25, 0.3) is 0 Å². The van der Waals surface area contributed by atoms with E-state index in [0.717, 1.165) is 0 Å². The molecule has 0 aromatic heterocycles. The summed E-state index contributed by atoms with van der Waals surface area (Å²) in [5.41, 5.74) is 1.06. The molecular formula is C11H16O5. The minimum absolute atomic E-state index is 0.202. The number of aliphatic hydroxyl groups is 2. The molecule has 0 aliphatic rings. The topological polar surface area (TPSA) is 68.2 Å². The van der Waals surface area contributed by atoms with Gasteiger partial charge in [0.05, 0.1) is 34.5 Å². The third kappa shape index (κ3) is 2.05. The van der Waals surface area contributed by atoms with Crippen molar-refractivity contribution in [3.8, 4) is 17.2 Å². The van der Waals surface area contributed by atoms with E-state index in [0.29, 0.717) is 28.4 Å². The molecule has 2 N–H and O–H groups in total. The first-order valence-electron chi connectivity index (χ1n) is 4.75. The highest BCUT2D eigenvalue weighted by Gasteiger charge is 2.19. The van der Waals surface area contributed by atoms with E-state index in [2.05, 4.69) is 0 Å². The lowest BCUT2D eigenvalue weighted by Gasteiger charge is -2.17. The Hall–Kier alpha value is -1.46. The van der Waals surface area contributed by atoms with Crippen LogP contribution in [0.3, 0.4) is 0 Å². The summed E-state index contributed by atoms with van der Waals surface area (Å²) in [5.74, 6) is 1.25. The molecule has 0 aliphatic heterocycles. The number of rotatable bonds is 5. The highest BCUT2D eigenvalue weighted by molar-refractivity contribution is 5.58. The fourth-order valence-corrected chi connectivity index (χ4v) is 1.58. The first-order valence-corrected chi connectivity index (χ1v) is 4.75. The molecule has 1 rings (SSSR count). The third-order valence-corrected chi connectivity index (χ3v) is 2.35. The molecule has 5 heteroatoms. The van der Waals surface area contributed by atoms with Gasteiger partial charge in [0, 0.05) is 5.56 Å². The van der Waals surface area contributed by atoms with Crippen LogP contribution in [0.5, 0.6) is 17.2 Å². The van der Waals surface area contributed by atoms with Gasteiger partial charge < -0.3 is 24.4 Å². The molecule has 0 saturated carbocycles. The summed E-state index contributed by atoms with van der Waals surface area (Å²) in [7, 11) is 4.45. The van der Waals surface area contributed by atoms with Crippen molar-refractivity contribution in [3.63, 3.8) is 0 Å². The molecule has 16 heavy (non-hydrogen) atoms. The van der Waals surface area contributed by atoms with Crippen LogP contribution < -0.4 is 14.2 Å². The Balaban J connectivity index is 3.47. The lowest BCUT2D eigenvalue weighted by Crippen LogP contribution is -2.03. The molecule has 1 aromatic rings. The van der Waals surface area contributed by atoms with Crippen molar-refractivity contribution in [2.45, 2.75) is 13.2 Å². The van der Waals surface area contributed by atoms with E-state index in [4.69, 9.17) is 14.2 Å². The minimum atomic E-state index is -0.237. The van der Waals surface area contributed by atoms with Gasteiger partial charge in [-0.2, -0.15) is 0 Å². The number of aliphatic hydroxyl groups excluding tert-OH is 2. The molecule has 0 fully saturated rings. The Kier molecular flexibility index (Phi) is 4.39. The quantitative estimate of drug-likeness (QED) is 0.776. The van der Waals surface area contributed by atoms with E-state index >= 15 is 0 Å². The monoisotopic (exact) mass is 228 g/mol. The molecular weight excluding hydrogens is 212 g/mol. The molecule has 5 nitrogen and oxygen atoms in total. The average molecular weight is 228 g/mol. The second kappa shape index (κ2) is 5.58. The van der Waals surface area contributed by atoms with Crippen LogP contribution in [-0.2, 0) is 13.2 Å². The summed E-state index contributed by atoms with van der Waals surface area (Å²) in [6.07, 6.45) is 0. The van der Waals surface area contributed by atoms with E-state index in [1.807, 2.05) is 0 Å². The van der Waals surface area contributed by atoms with Crippen LogP contribution in [-0.4, -0.2) is 31.5 Å². The summed E-state index contributed by atoms with van der Waals surface area (Å²) in [5, 5.41) is 18.4. The standard InChI is InChI=1S/C11H16O5/c1-14-9-4-7(5-12)8(6-13)10(15-2)11(9)16-3/h4,12-13H,5-6H2,1-3H3. The van der Waals surface area contributed by atoms with Crippen molar-refractivity contribution >= 4 is 0 Å². The lowest BCUT2D eigenvalue weighted by molar-refractivity contribution is 0.248. The average Bonchev–Trinajstić information content (AvgIpc) is 2.35. The fourth-order valence-electron chi connectivity index (χ4n) is 1.58. The second-order valence-corrected chi connectivity index (χ2v) is 3.10. The van der Waals surface area contributed by atoms with Gasteiger partial charge in [-0.05, 0) is 11.6 Å². The smallest absolute Gasteiger partial charge is 0.203 e. The van der Waals surface area contributed by atoms with Gasteiger partial charge in [-0.1, -0.05) is 0 Å². The molecule has 0 atom stereocenters. The molecule has 0 heterocycles. The van der Waals surface area contributed by atoms with Crippen LogP contribution in [0.4, 0.5) is 0 Å². The Labute approximate surface area is 94.2 Å². The molecule has 90 valence electrons. The number of hydrogen-bond donors (Lipinski definition) is 2. The zero-order valence-electron chi connectivity index (χ0n) is 9.61. The first kappa shape index (κ1) is 12.6. The predicted octanol–water partition coefficient (Wildman–Crippen LogP) is 0.697. The summed E-state index contributed by atoms with van der Waals surface area (Å²) < 4.78 is 15.4. The lowest BCUT2D eigenvalue weighted by atomic mass is 10.1. The summed E-state index contributed by atoms with van der Waals surface area (Å²) in [6, 6.07) is 1.62. The molecule has 0 saturated heterocycles. The van der Waals surface area contributed by atoms with Gasteiger partial charge in [0.2, 0.25) is 5.75 Å². The first-order chi connectivity index (χ1) is 7.73. The summed E-state index contributed by atoms with van der Waals surface area (Å²) in [4.78, 5) is 0. The van der Waals surface area contributed by atoms with Crippen molar-refractivity contribution < 1.29 is 24.4 Å². The van der Waals surface area contributed by atoms with Gasteiger partial charge in [-0.3, -0.25) is 0 Å². The molecule has 0 aliphatic carbocycles. The molecule has 0 radical (unpaired) electrons. The van der Waals surface area contributed by atoms with Gasteiger partial charge in [0.1, 0.15) is 0 Å². The van der Waals surface area contributed by atoms with Crippen LogP contribution in [0.15, 0.2) is 6.07 Å². The highest BCUT2D eigenvalue weighted by Crippen LogP contribution is 2.41. The van der Waals surface area contributed by atoms with Crippen LogP contribution >= 0.6 is 0 Å². The maximum Gasteiger partial charge on any atom is 0.203 e. The molecule has 1 aromatic carbocycles. The van der Waals surface area contributed by atoms with E-state index in [9.17, 15) is 10.2 Å². The largest absolute Gasteiger partial charge is 0.493 e. The second-order valence-electron chi connectivity index (χ2n) is 3.10. The predicted molar refractivity (Wildman–Crippen MR) is 57.9 cm³/mol. The van der Waals surface area contributed by atoms with Gasteiger partial charge >= 0.3 is 0 Å². The molecule has 0 bridgehead atoms. The van der Waals surface area contributed by atoms with E-state index in [1.165, 1.54) is 21.3 Å². The Morgan fingerprint density at radius 1 is 0.938 bits per heavy atom. The van der Waals surface area contributed by atoms with E-state index in [-0.39, 0.29) is 13.2 Å². The van der Waals surface area contributed by atoms with Crippen molar-refractivity contribution in [2.24, 2.45) is 0 Å². The number of methoxy groups -OCH3 is 3. The van der Waals surface area contributed by atoms with E-state index in [1.54, 1.807) is 6.07 Å². The fraction of sp³-hybridized carbons (Fsp3) is 0.455. The molecule has 0 amide bonds. The van der Waals surface area contributed by atoms with Crippen LogP contribution in [0.2, 0.25) is 0 Å². The Morgan fingerprint density at radius 2 is 1.56 bits per heavy atom. The van der Waals surface area contributed by atoms with E-state index < -0.39 is 0 Å². The number of hydrogen-bond acceptors (Lipinski definition) is 5. The van der Waals surface area contributed by atoms with Crippen LogP contribution in [0, 0.1) is 0 Å². The maximum absolute atomic E-state index is 9.26.